The van der Waals surface area contributed by atoms with Crippen LogP contribution in [-0.2, 0) is 0 Å². The van der Waals surface area contributed by atoms with Crippen LogP contribution in [0, 0.1) is 12.8 Å². The van der Waals surface area contributed by atoms with E-state index in [1.54, 1.807) is 6.07 Å². The van der Waals surface area contributed by atoms with E-state index in [4.69, 9.17) is 0 Å². The Bertz CT molecular complexity index is 851. The molecule has 3 heteroatoms. The van der Waals surface area contributed by atoms with Gasteiger partial charge in [-0.05, 0) is 76.0 Å². The number of rotatable bonds is 5. The Morgan fingerprint density at radius 3 is 2.63 bits per heavy atom. The monoisotopic (exact) mass is 363 g/mol. The van der Waals surface area contributed by atoms with E-state index in [2.05, 4.69) is 19.0 Å². The number of Topliss-reactive ketones (excluding diaryl/α,β-unsaturated/α-hetero) is 1. The number of aromatic hydroxyl groups is 1. The lowest BCUT2D eigenvalue weighted by molar-refractivity contribution is 0.0915. The van der Waals surface area contributed by atoms with E-state index in [1.807, 2.05) is 49.4 Å². The largest absolute Gasteiger partial charge is 0.508 e. The standard InChI is InChI=1S/C24H29NO2/c1-17-7-4-9-19(13-17)24(27)20-10-5-11-21(16-25(2)3)23(15-20)18-8-6-12-22(26)14-18/h4,6-9,12-14,20,26H,5,10-11,15-16H2,1-3H3. The summed E-state index contributed by atoms with van der Waals surface area (Å²) in [6, 6.07) is 15.4. The summed E-state index contributed by atoms with van der Waals surface area (Å²) in [5.74, 6) is 0.501. The van der Waals surface area contributed by atoms with Crippen molar-refractivity contribution in [1.82, 2.24) is 4.90 Å². The highest BCUT2D eigenvalue weighted by Crippen LogP contribution is 2.37. The SMILES string of the molecule is Cc1cccc(C(=O)C2CCCC(CN(C)C)=C(c3cccc(O)c3)C2)c1. The summed E-state index contributed by atoms with van der Waals surface area (Å²) in [6.07, 6.45) is 3.67. The van der Waals surface area contributed by atoms with E-state index in [1.165, 1.54) is 11.1 Å². The van der Waals surface area contributed by atoms with Crippen molar-refractivity contribution in [3.05, 3.63) is 70.8 Å². The number of hydrogen-bond acceptors (Lipinski definition) is 3. The van der Waals surface area contributed by atoms with Crippen molar-refractivity contribution in [3.63, 3.8) is 0 Å². The molecule has 3 nitrogen and oxygen atoms in total. The van der Waals surface area contributed by atoms with Gasteiger partial charge in [0.15, 0.2) is 5.78 Å². The average molecular weight is 364 g/mol. The van der Waals surface area contributed by atoms with Crippen molar-refractivity contribution in [3.8, 4) is 5.75 Å². The van der Waals surface area contributed by atoms with E-state index in [-0.39, 0.29) is 17.5 Å². The zero-order valence-electron chi connectivity index (χ0n) is 16.5. The van der Waals surface area contributed by atoms with Crippen LogP contribution >= 0.6 is 0 Å². The molecule has 2 aromatic carbocycles. The number of carbonyl (C=O) groups is 1. The van der Waals surface area contributed by atoms with Gasteiger partial charge >= 0.3 is 0 Å². The van der Waals surface area contributed by atoms with Crippen LogP contribution in [0.3, 0.4) is 0 Å². The lowest BCUT2D eigenvalue weighted by atomic mass is 9.86. The number of phenolic OH excluding ortho intramolecular Hbond substituents is 1. The predicted molar refractivity (Wildman–Crippen MR) is 111 cm³/mol. The smallest absolute Gasteiger partial charge is 0.166 e. The summed E-state index contributed by atoms with van der Waals surface area (Å²) >= 11 is 0. The third-order valence-corrected chi connectivity index (χ3v) is 5.28. The van der Waals surface area contributed by atoms with E-state index in [9.17, 15) is 9.90 Å². The van der Waals surface area contributed by atoms with Crippen LogP contribution in [0.15, 0.2) is 54.1 Å². The molecule has 0 radical (unpaired) electrons. The van der Waals surface area contributed by atoms with Gasteiger partial charge in [-0.15, -0.1) is 0 Å². The Labute approximate surface area is 162 Å². The summed E-state index contributed by atoms with van der Waals surface area (Å²) in [7, 11) is 4.15. The molecule has 1 atom stereocenters. The van der Waals surface area contributed by atoms with Gasteiger partial charge in [-0.1, -0.05) is 41.5 Å². The van der Waals surface area contributed by atoms with Crippen molar-refractivity contribution in [2.75, 3.05) is 20.6 Å². The van der Waals surface area contributed by atoms with Gasteiger partial charge in [0.25, 0.3) is 0 Å². The summed E-state index contributed by atoms with van der Waals surface area (Å²) in [6.45, 7) is 2.91. The number of carbonyl (C=O) groups excluding carboxylic acids is 1. The number of ketones is 1. The van der Waals surface area contributed by atoms with Crippen molar-refractivity contribution in [2.24, 2.45) is 5.92 Å². The predicted octanol–water partition coefficient (Wildman–Crippen LogP) is 5.09. The molecule has 0 bridgehead atoms. The van der Waals surface area contributed by atoms with Crippen molar-refractivity contribution in [1.29, 1.82) is 0 Å². The molecule has 142 valence electrons. The molecule has 1 unspecified atom stereocenters. The molecule has 27 heavy (non-hydrogen) atoms. The number of hydrogen-bond donors (Lipinski definition) is 1. The van der Waals surface area contributed by atoms with Gasteiger partial charge in [-0.2, -0.15) is 0 Å². The van der Waals surface area contributed by atoms with Crippen LogP contribution in [0.1, 0.15) is 47.2 Å². The van der Waals surface area contributed by atoms with Gasteiger partial charge in [0.05, 0.1) is 0 Å². The van der Waals surface area contributed by atoms with Crippen LogP contribution < -0.4 is 0 Å². The number of allylic oxidation sites excluding steroid dienone is 1. The zero-order valence-corrected chi connectivity index (χ0v) is 16.5. The summed E-state index contributed by atoms with van der Waals surface area (Å²) in [5, 5.41) is 9.97. The minimum Gasteiger partial charge on any atom is -0.508 e. The number of likely N-dealkylation sites (N-methyl/N-ethyl adjacent to an activating group) is 1. The van der Waals surface area contributed by atoms with Gasteiger partial charge in [0, 0.05) is 18.0 Å². The van der Waals surface area contributed by atoms with Gasteiger partial charge in [0.2, 0.25) is 0 Å². The zero-order chi connectivity index (χ0) is 19.4. The lowest BCUT2D eigenvalue weighted by Gasteiger charge is -2.19. The summed E-state index contributed by atoms with van der Waals surface area (Å²) in [5.41, 5.74) is 5.57. The fraction of sp³-hybridized carbons (Fsp3) is 0.375. The first-order valence-electron chi connectivity index (χ1n) is 9.70. The molecule has 0 spiro atoms. The highest BCUT2D eigenvalue weighted by atomic mass is 16.3. The number of aryl methyl sites for hydroxylation is 1. The second-order valence-electron chi connectivity index (χ2n) is 7.90. The van der Waals surface area contributed by atoms with Crippen LogP contribution in [0.2, 0.25) is 0 Å². The Balaban J connectivity index is 1.96. The highest BCUT2D eigenvalue weighted by Gasteiger charge is 2.26. The molecule has 1 aliphatic carbocycles. The quantitative estimate of drug-likeness (QED) is 0.752. The molecule has 0 saturated heterocycles. The molecule has 2 aromatic rings. The maximum absolute atomic E-state index is 13.2. The minimum atomic E-state index is -0.0104. The molecule has 0 heterocycles. The van der Waals surface area contributed by atoms with Crippen molar-refractivity contribution < 1.29 is 9.90 Å². The molecule has 0 aromatic heterocycles. The molecular formula is C24H29NO2. The Morgan fingerprint density at radius 1 is 1.15 bits per heavy atom. The second kappa shape index (κ2) is 8.53. The first kappa shape index (κ1) is 19.4. The Kier molecular flexibility index (Phi) is 6.12. The average Bonchev–Trinajstić information content (AvgIpc) is 2.83. The molecule has 1 aliphatic rings. The summed E-state index contributed by atoms with van der Waals surface area (Å²) < 4.78 is 0. The number of nitrogens with zero attached hydrogens (tertiary/aromatic N) is 1. The van der Waals surface area contributed by atoms with Crippen molar-refractivity contribution in [2.45, 2.75) is 32.6 Å². The van der Waals surface area contributed by atoms with E-state index in [0.717, 1.165) is 48.9 Å². The second-order valence-corrected chi connectivity index (χ2v) is 7.90. The fourth-order valence-electron chi connectivity index (χ4n) is 4.04. The third kappa shape index (κ3) is 4.86. The topological polar surface area (TPSA) is 40.5 Å². The van der Waals surface area contributed by atoms with Crippen LogP contribution in [-0.4, -0.2) is 36.4 Å². The van der Waals surface area contributed by atoms with Gasteiger partial charge < -0.3 is 10.0 Å². The molecule has 0 amide bonds. The van der Waals surface area contributed by atoms with Crippen LogP contribution in [0.25, 0.3) is 5.57 Å². The maximum atomic E-state index is 13.2. The third-order valence-electron chi connectivity index (χ3n) is 5.28. The van der Waals surface area contributed by atoms with Gasteiger partial charge in [-0.25, -0.2) is 0 Å². The van der Waals surface area contributed by atoms with Crippen molar-refractivity contribution >= 4 is 11.4 Å². The molecular weight excluding hydrogens is 334 g/mol. The minimum absolute atomic E-state index is 0.0104. The van der Waals surface area contributed by atoms with Gasteiger partial charge in [0.1, 0.15) is 5.75 Å². The first-order valence-corrected chi connectivity index (χ1v) is 9.70. The molecule has 0 aliphatic heterocycles. The number of phenols is 1. The first-order chi connectivity index (χ1) is 12.9. The summed E-state index contributed by atoms with van der Waals surface area (Å²) in [4.78, 5) is 15.4. The highest BCUT2D eigenvalue weighted by molar-refractivity contribution is 5.99. The number of benzene rings is 2. The van der Waals surface area contributed by atoms with E-state index >= 15 is 0 Å². The van der Waals surface area contributed by atoms with E-state index in [0.29, 0.717) is 0 Å². The molecule has 1 N–H and O–H groups in total. The normalized spacial score (nSPS) is 17.9. The Hall–Kier alpha value is -2.39. The molecule has 0 fully saturated rings. The lowest BCUT2D eigenvalue weighted by Crippen LogP contribution is -2.17. The van der Waals surface area contributed by atoms with Crippen LogP contribution in [0.4, 0.5) is 0 Å². The Morgan fingerprint density at radius 2 is 1.93 bits per heavy atom. The maximum Gasteiger partial charge on any atom is 0.166 e. The van der Waals surface area contributed by atoms with Gasteiger partial charge in [-0.3, -0.25) is 4.79 Å². The molecule has 0 saturated carbocycles. The van der Waals surface area contributed by atoms with E-state index < -0.39 is 0 Å². The molecule has 3 rings (SSSR count). The fourth-order valence-corrected chi connectivity index (χ4v) is 4.04. The van der Waals surface area contributed by atoms with Crippen LogP contribution in [0.5, 0.6) is 5.75 Å².